The van der Waals surface area contributed by atoms with E-state index in [9.17, 15) is 14.7 Å². The van der Waals surface area contributed by atoms with Gasteiger partial charge in [-0.25, -0.2) is 9.78 Å². The normalized spacial score (nSPS) is 13.3. The van der Waals surface area contributed by atoms with E-state index < -0.39 is 35.9 Å². The van der Waals surface area contributed by atoms with Crippen LogP contribution in [-0.4, -0.2) is 41.2 Å². The summed E-state index contributed by atoms with van der Waals surface area (Å²) in [6.07, 6.45) is 0.0946. The Hall–Kier alpha value is -4.07. The van der Waals surface area contributed by atoms with Crippen LogP contribution in [-0.2, 0) is 9.53 Å². The molecule has 0 aliphatic rings. The molecule has 0 aliphatic heterocycles. The molecule has 1 heterocycles. The average molecular weight is 450 g/mol. The zero-order valence-corrected chi connectivity index (χ0v) is 18.6. The first-order chi connectivity index (χ1) is 15.9. The molecule has 1 amide bonds. The minimum absolute atomic E-state index is 0.0985. The predicted molar refractivity (Wildman–Crippen MR) is 121 cm³/mol. The fraction of sp³-hybridized carbons (Fsp3) is 0.240. The lowest BCUT2D eigenvalue weighted by atomic mass is 10.0. The second kappa shape index (κ2) is 11.0. The Kier molecular flexibility index (Phi) is 7.86. The minimum atomic E-state index is -1.01. The maximum absolute atomic E-state index is 12.9. The molecular weight excluding hydrogens is 424 g/mol. The Morgan fingerprint density at radius 3 is 2.24 bits per heavy atom. The Labute approximate surface area is 192 Å². The van der Waals surface area contributed by atoms with Gasteiger partial charge < -0.3 is 24.6 Å². The van der Waals surface area contributed by atoms with Crippen molar-refractivity contribution in [3.63, 3.8) is 0 Å². The van der Waals surface area contributed by atoms with Crippen molar-refractivity contribution in [1.29, 1.82) is 0 Å². The molecule has 8 nitrogen and oxygen atoms in total. The summed E-state index contributed by atoms with van der Waals surface area (Å²) in [6, 6.07) is 18.8. The van der Waals surface area contributed by atoms with E-state index >= 15 is 0 Å². The van der Waals surface area contributed by atoms with Crippen molar-refractivity contribution in [3.8, 4) is 17.2 Å². The largest absolute Gasteiger partial charge is 0.503 e. The Morgan fingerprint density at radius 2 is 1.61 bits per heavy atom. The van der Waals surface area contributed by atoms with Gasteiger partial charge in [-0.1, -0.05) is 48.5 Å². The van der Waals surface area contributed by atoms with Crippen molar-refractivity contribution >= 4 is 11.9 Å². The molecule has 33 heavy (non-hydrogen) atoms. The van der Waals surface area contributed by atoms with Gasteiger partial charge in [0.25, 0.3) is 5.91 Å². The van der Waals surface area contributed by atoms with Crippen LogP contribution in [0.3, 0.4) is 0 Å². The number of aromatic hydroxyl groups is 1. The molecule has 0 fully saturated rings. The number of methoxy groups -OCH3 is 1. The molecule has 172 valence electrons. The van der Waals surface area contributed by atoms with Gasteiger partial charge in [0, 0.05) is 12.3 Å². The van der Waals surface area contributed by atoms with Crippen molar-refractivity contribution in [1.82, 2.24) is 10.3 Å². The topological polar surface area (TPSA) is 107 Å². The number of para-hydroxylation sites is 1. The molecule has 3 rings (SSSR count). The summed E-state index contributed by atoms with van der Waals surface area (Å²) in [5.41, 5.74) is 0.495. The SMILES string of the molecule is COc1ccnc(C(=O)N[C@@H](C)C(=O)O[C@H](c2ccccc2)[C@@H](C)Oc2ccccc2)c1O. The second-order valence-corrected chi connectivity index (χ2v) is 7.31. The van der Waals surface area contributed by atoms with Crippen LogP contribution in [0.4, 0.5) is 0 Å². The molecule has 8 heteroatoms. The van der Waals surface area contributed by atoms with Crippen LogP contribution in [0.25, 0.3) is 0 Å². The third-order valence-electron chi connectivity index (χ3n) is 4.89. The standard InChI is InChI=1S/C25H26N2O6/c1-16(27-24(29)21-22(28)20(31-3)14-15-26-21)25(30)33-23(18-10-6-4-7-11-18)17(2)32-19-12-8-5-9-13-19/h4-17,23,28H,1-3H3,(H,27,29)/t16-,17+,23-/m0/s1. The molecule has 1 aromatic heterocycles. The number of nitrogens with one attached hydrogen (secondary N) is 1. The van der Waals surface area contributed by atoms with Crippen LogP contribution in [0, 0.1) is 0 Å². The molecule has 3 aromatic rings. The first kappa shape index (κ1) is 23.6. The number of nitrogens with zero attached hydrogens (tertiary/aromatic N) is 1. The van der Waals surface area contributed by atoms with E-state index in [1.165, 1.54) is 26.3 Å². The summed E-state index contributed by atoms with van der Waals surface area (Å²) >= 11 is 0. The number of ether oxygens (including phenoxy) is 3. The zero-order chi connectivity index (χ0) is 23.8. The summed E-state index contributed by atoms with van der Waals surface area (Å²) in [7, 11) is 1.36. The van der Waals surface area contributed by atoms with E-state index in [2.05, 4.69) is 10.3 Å². The maximum Gasteiger partial charge on any atom is 0.329 e. The Morgan fingerprint density at radius 1 is 0.970 bits per heavy atom. The molecule has 0 saturated heterocycles. The lowest BCUT2D eigenvalue weighted by molar-refractivity contribution is -0.156. The van der Waals surface area contributed by atoms with E-state index in [-0.39, 0.29) is 11.4 Å². The van der Waals surface area contributed by atoms with E-state index in [0.29, 0.717) is 5.75 Å². The van der Waals surface area contributed by atoms with Gasteiger partial charge in [0.15, 0.2) is 23.3 Å². The molecule has 0 saturated carbocycles. The van der Waals surface area contributed by atoms with Gasteiger partial charge in [-0.05, 0) is 31.5 Å². The highest BCUT2D eigenvalue weighted by Crippen LogP contribution is 2.28. The van der Waals surface area contributed by atoms with Crippen LogP contribution in [0.2, 0.25) is 0 Å². The fourth-order valence-corrected chi connectivity index (χ4v) is 3.17. The van der Waals surface area contributed by atoms with Gasteiger partial charge >= 0.3 is 5.97 Å². The summed E-state index contributed by atoms with van der Waals surface area (Å²) in [5.74, 6) is -1.07. The van der Waals surface area contributed by atoms with E-state index in [4.69, 9.17) is 14.2 Å². The summed E-state index contributed by atoms with van der Waals surface area (Å²) < 4.78 is 16.7. The number of hydrogen-bond donors (Lipinski definition) is 2. The molecule has 2 aromatic carbocycles. The highest BCUT2D eigenvalue weighted by molar-refractivity contribution is 5.97. The summed E-state index contributed by atoms with van der Waals surface area (Å²) in [4.78, 5) is 29.3. The van der Waals surface area contributed by atoms with Crippen LogP contribution in [0.5, 0.6) is 17.2 Å². The van der Waals surface area contributed by atoms with Crippen molar-refractivity contribution < 1.29 is 28.9 Å². The predicted octanol–water partition coefficient (Wildman–Crippen LogP) is 3.67. The quantitative estimate of drug-likeness (QED) is 0.479. The lowest BCUT2D eigenvalue weighted by Gasteiger charge is -2.27. The molecule has 0 aliphatic carbocycles. The van der Waals surface area contributed by atoms with Crippen molar-refractivity contribution in [2.75, 3.05) is 7.11 Å². The molecule has 2 N–H and O–H groups in total. The van der Waals surface area contributed by atoms with Gasteiger partial charge in [-0.3, -0.25) is 4.79 Å². The minimum Gasteiger partial charge on any atom is -0.503 e. The van der Waals surface area contributed by atoms with Gasteiger partial charge in [0.05, 0.1) is 7.11 Å². The van der Waals surface area contributed by atoms with Gasteiger partial charge in [-0.2, -0.15) is 0 Å². The van der Waals surface area contributed by atoms with Gasteiger partial charge in [0.2, 0.25) is 0 Å². The molecule has 0 radical (unpaired) electrons. The second-order valence-electron chi connectivity index (χ2n) is 7.31. The van der Waals surface area contributed by atoms with Gasteiger partial charge in [-0.15, -0.1) is 0 Å². The number of hydrogen-bond acceptors (Lipinski definition) is 7. The highest BCUT2D eigenvalue weighted by atomic mass is 16.6. The number of esters is 1. The van der Waals surface area contributed by atoms with E-state index in [1.54, 1.807) is 6.92 Å². The Bertz CT molecular complexity index is 1070. The van der Waals surface area contributed by atoms with E-state index in [1.807, 2.05) is 60.7 Å². The first-order valence-corrected chi connectivity index (χ1v) is 10.4. The fourth-order valence-electron chi connectivity index (χ4n) is 3.17. The highest BCUT2D eigenvalue weighted by Gasteiger charge is 2.29. The molecule has 0 spiro atoms. The summed E-state index contributed by atoms with van der Waals surface area (Å²) in [6.45, 7) is 3.29. The maximum atomic E-state index is 12.9. The van der Waals surface area contributed by atoms with Crippen LogP contribution < -0.4 is 14.8 Å². The monoisotopic (exact) mass is 450 g/mol. The average Bonchev–Trinajstić information content (AvgIpc) is 2.83. The van der Waals surface area contributed by atoms with Crippen molar-refractivity contribution in [2.24, 2.45) is 0 Å². The number of aromatic nitrogens is 1. The smallest absolute Gasteiger partial charge is 0.329 e. The molecular formula is C25H26N2O6. The Balaban J connectivity index is 1.72. The molecule has 0 bridgehead atoms. The van der Waals surface area contributed by atoms with Crippen LogP contribution in [0.15, 0.2) is 72.9 Å². The van der Waals surface area contributed by atoms with Gasteiger partial charge in [0.1, 0.15) is 17.9 Å². The number of benzene rings is 2. The number of pyridine rings is 1. The van der Waals surface area contributed by atoms with Crippen LogP contribution in [0.1, 0.15) is 36.0 Å². The lowest BCUT2D eigenvalue weighted by Crippen LogP contribution is -2.41. The van der Waals surface area contributed by atoms with E-state index in [0.717, 1.165) is 5.56 Å². The van der Waals surface area contributed by atoms with Crippen molar-refractivity contribution in [2.45, 2.75) is 32.1 Å². The van der Waals surface area contributed by atoms with Crippen molar-refractivity contribution in [3.05, 3.63) is 84.2 Å². The first-order valence-electron chi connectivity index (χ1n) is 10.4. The molecule has 0 unspecified atom stereocenters. The third kappa shape index (κ3) is 6.00. The zero-order valence-electron chi connectivity index (χ0n) is 18.6. The number of rotatable bonds is 9. The molecule has 3 atom stereocenters. The number of amides is 1. The summed E-state index contributed by atoms with van der Waals surface area (Å²) in [5, 5.41) is 12.6. The third-order valence-corrected chi connectivity index (χ3v) is 4.89. The van der Waals surface area contributed by atoms with Crippen LogP contribution >= 0.6 is 0 Å². The number of carbonyl (C=O) groups excluding carboxylic acids is 2. The number of carbonyl (C=O) groups is 2.